The molecule has 1 fully saturated rings. The lowest BCUT2D eigenvalue weighted by molar-refractivity contribution is 0.187. The van der Waals surface area contributed by atoms with Crippen LogP contribution in [0.15, 0.2) is 18.5 Å². The second kappa shape index (κ2) is 5.70. The summed E-state index contributed by atoms with van der Waals surface area (Å²) in [5.41, 5.74) is 2.01. The van der Waals surface area contributed by atoms with Gasteiger partial charge in [-0.1, -0.05) is 23.2 Å². The zero-order valence-electron chi connectivity index (χ0n) is 12.3. The van der Waals surface area contributed by atoms with Crippen LogP contribution in [-0.4, -0.2) is 37.7 Å². The molecule has 3 aromatic rings. The van der Waals surface area contributed by atoms with Gasteiger partial charge in [-0.2, -0.15) is 0 Å². The summed E-state index contributed by atoms with van der Waals surface area (Å²) in [4.78, 5) is 17.6. The summed E-state index contributed by atoms with van der Waals surface area (Å²) in [6, 6.07) is 1.88. The van der Waals surface area contributed by atoms with Crippen molar-refractivity contribution in [3.63, 3.8) is 0 Å². The Morgan fingerprint density at radius 1 is 1.26 bits per heavy atom. The molecule has 1 aliphatic rings. The van der Waals surface area contributed by atoms with Gasteiger partial charge in [0.25, 0.3) is 0 Å². The number of aromatic nitrogens is 5. The first-order valence-corrected chi connectivity index (χ1v) is 8.00. The van der Waals surface area contributed by atoms with Crippen LogP contribution >= 0.6 is 23.2 Å². The fraction of sp³-hybridized carbons (Fsp3) is 0.333. The van der Waals surface area contributed by atoms with Crippen molar-refractivity contribution in [3.05, 3.63) is 34.5 Å². The molecular formula is C15H13Cl2N5O. The first-order valence-electron chi connectivity index (χ1n) is 7.25. The number of nitrogens with zero attached hydrogens (tertiary/aromatic N) is 5. The number of hydrogen-bond acceptors (Lipinski definition) is 5. The Balaban J connectivity index is 2.05. The first kappa shape index (κ1) is 14.8. The molecule has 4 rings (SSSR count). The number of imidazole rings is 1. The van der Waals surface area contributed by atoms with Crippen LogP contribution in [0.1, 0.15) is 18.3 Å². The van der Waals surface area contributed by atoms with Crippen molar-refractivity contribution in [1.82, 2.24) is 24.5 Å². The molecule has 8 heteroatoms. The number of ether oxygens (including phenoxy) is 1. The molecule has 0 aliphatic carbocycles. The highest BCUT2D eigenvalue weighted by Gasteiger charge is 2.27. The van der Waals surface area contributed by atoms with E-state index in [1.54, 1.807) is 18.5 Å². The minimum Gasteiger partial charge on any atom is -0.379 e. The zero-order valence-corrected chi connectivity index (χ0v) is 13.8. The number of aryl methyl sites for hydroxylation is 1. The van der Waals surface area contributed by atoms with E-state index in [-0.39, 0.29) is 6.04 Å². The number of fused-ring (bicyclic) bond motifs is 1. The van der Waals surface area contributed by atoms with Crippen LogP contribution in [0.5, 0.6) is 0 Å². The summed E-state index contributed by atoms with van der Waals surface area (Å²) in [6.07, 6.45) is 4.23. The summed E-state index contributed by atoms with van der Waals surface area (Å²) >= 11 is 12.6. The highest BCUT2D eigenvalue weighted by atomic mass is 35.5. The molecule has 0 radical (unpaired) electrons. The predicted molar refractivity (Wildman–Crippen MR) is 87.8 cm³/mol. The minimum atomic E-state index is 0.136. The maximum Gasteiger partial charge on any atom is 0.165 e. The molecule has 0 aromatic carbocycles. The number of pyridine rings is 1. The van der Waals surface area contributed by atoms with Crippen LogP contribution in [0.2, 0.25) is 10.2 Å². The van der Waals surface area contributed by atoms with Gasteiger partial charge in [0.1, 0.15) is 17.2 Å². The number of halogens is 2. The second-order valence-electron chi connectivity index (χ2n) is 5.41. The molecule has 0 saturated carbocycles. The Hall–Kier alpha value is -1.76. The zero-order chi connectivity index (χ0) is 16.0. The third kappa shape index (κ3) is 2.47. The monoisotopic (exact) mass is 349 g/mol. The van der Waals surface area contributed by atoms with Crippen LogP contribution in [0.4, 0.5) is 0 Å². The molecule has 1 saturated heterocycles. The van der Waals surface area contributed by atoms with Gasteiger partial charge in [0.05, 0.1) is 23.2 Å². The molecule has 0 unspecified atom stereocenters. The maximum absolute atomic E-state index is 6.34. The molecule has 0 N–H and O–H groups in total. The third-order valence-electron chi connectivity index (χ3n) is 3.89. The van der Waals surface area contributed by atoms with Crippen LogP contribution in [0.3, 0.4) is 0 Å². The standard InChI is InChI=1S/C15H13Cl2N5O/c1-8-19-13(17)12-15(20-8)22(9-3-5-23-7-9)14(21-12)10-6-18-4-2-11(10)16/h2,4,6,9H,3,5,7H2,1H3/t9-/m1/s1. The fourth-order valence-corrected chi connectivity index (χ4v) is 3.28. The normalized spacial score (nSPS) is 18.0. The largest absolute Gasteiger partial charge is 0.379 e. The fourth-order valence-electron chi connectivity index (χ4n) is 2.85. The number of rotatable bonds is 2. The maximum atomic E-state index is 6.34. The second-order valence-corrected chi connectivity index (χ2v) is 6.18. The van der Waals surface area contributed by atoms with E-state index in [4.69, 9.17) is 27.9 Å². The van der Waals surface area contributed by atoms with Crippen LogP contribution in [0, 0.1) is 6.92 Å². The average Bonchev–Trinajstić information content (AvgIpc) is 3.14. The van der Waals surface area contributed by atoms with Gasteiger partial charge in [-0.25, -0.2) is 15.0 Å². The molecular weight excluding hydrogens is 337 g/mol. The van der Waals surface area contributed by atoms with Gasteiger partial charge < -0.3 is 9.30 Å². The molecule has 0 amide bonds. The molecule has 6 nitrogen and oxygen atoms in total. The molecule has 1 aliphatic heterocycles. The van der Waals surface area contributed by atoms with E-state index < -0.39 is 0 Å². The van der Waals surface area contributed by atoms with Gasteiger partial charge in [-0.15, -0.1) is 0 Å². The van der Waals surface area contributed by atoms with Gasteiger partial charge in [0, 0.05) is 19.0 Å². The van der Waals surface area contributed by atoms with Gasteiger partial charge in [-0.3, -0.25) is 4.98 Å². The summed E-state index contributed by atoms with van der Waals surface area (Å²) < 4.78 is 7.59. The Kier molecular flexibility index (Phi) is 3.67. The lowest BCUT2D eigenvalue weighted by Crippen LogP contribution is -2.11. The summed E-state index contributed by atoms with van der Waals surface area (Å²) in [6.45, 7) is 3.13. The van der Waals surface area contributed by atoms with Crippen LogP contribution in [-0.2, 0) is 4.74 Å². The van der Waals surface area contributed by atoms with Crippen molar-refractivity contribution in [2.24, 2.45) is 0 Å². The molecule has 23 heavy (non-hydrogen) atoms. The van der Waals surface area contributed by atoms with E-state index in [0.29, 0.717) is 46.2 Å². The lowest BCUT2D eigenvalue weighted by atomic mass is 10.2. The Morgan fingerprint density at radius 3 is 2.87 bits per heavy atom. The van der Waals surface area contributed by atoms with Crippen molar-refractivity contribution < 1.29 is 4.74 Å². The summed E-state index contributed by atoms with van der Waals surface area (Å²) in [5.74, 6) is 1.29. The highest BCUT2D eigenvalue weighted by molar-refractivity contribution is 6.34. The predicted octanol–water partition coefficient (Wildman–Crippen LogP) is 3.46. The van der Waals surface area contributed by atoms with E-state index >= 15 is 0 Å². The van der Waals surface area contributed by atoms with Gasteiger partial charge >= 0.3 is 0 Å². The number of hydrogen-bond donors (Lipinski definition) is 0. The van der Waals surface area contributed by atoms with Gasteiger partial charge in [0.15, 0.2) is 10.8 Å². The smallest absolute Gasteiger partial charge is 0.165 e. The highest BCUT2D eigenvalue weighted by Crippen LogP contribution is 2.35. The van der Waals surface area contributed by atoms with E-state index in [0.717, 1.165) is 12.0 Å². The SMILES string of the molecule is Cc1nc(Cl)c2nc(-c3cnccc3Cl)n([C@@H]3CCOC3)c2n1. The third-order valence-corrected chi connectivity index (χ3v) is 4.48. The molecule has 1 atom stereocenters. The van der Waals surface area contributed by atoms with Crippen LogP contribution < -0.4 is 0 Å². The van der Waals surface area contributed by atoms with Crippen molar-refractivity contribution in [2.45, 2.75) is 19.4 Å². The first-order chi connectivity index (χ1) is 11.1. The Morgan fingerprint density at radius 2 is 2.13 bits per heavy atom. The summed E-state index contributed by atoms with van der Waals surface area (Å²) in [7, 11) is 0. The Bertz CT molecular complexity index is 889. The van der Waals surface area contributed by atoms with E-state index in [1.165, 1.54) is 0 Å². The summed E-state index contributed by atoms with van der Waals surface area (Å²) in [5, 5.41) is 0.919. The molecule has 118 valence electrons. The molecule has 3 aromatic heterocycles. The van der Waals surface area contributed by atoms with Gasteiger partial charge in [0.2, 0.25) is 0 Å². The van der Waals surface area contributed by atoms with E-state index in [9.17, 15) is 0 Å². The molecule has 4 heterocycles. The van der Waals surface area contributed by atoms with Gasteiger partial charge in [-0.05, 0) is 19.4 Å². The van der Waals surface area contributed by atoms with Crippen molar-refractivity contribution >= 4 is 34.4 Å². The molecule has 0 spiro atoms. The quantitative estimate of drug-likeness (QED) is 0.662. The topological polar surface area (TPSA) is 65.7 Å². The van der Waals surface area contributed by atoms with Crippen LogP contribution in [0.25, 0.3) is 22.6 Å². The van der Waals surface area contributed by atoms with E-state index in [1.807, 2.05) is 11.5 Å². The van der Waals surface area contributed by atoms with E-state index in [2.05, 4.69) is 19.9 Å². The minimum absolute atomic E-state index is 0.136. The lowest BCUT2D eigenvalue weighted by Gasteiger charge is -2.15. The van der Waals surface area contributed by atoms with Crippen molar-refractivity contribution in [2.75, 3.05) is 13.2 Å². The molecule has 0 bridgehead atoms. The average molecular weight is 350 g/mol. The Labute approximate surface area is 142 Å². The van der Waals surface area contributed by atoms with Crippen molar-refractivity contribution in [3.8, 4) is 11.4 Å². The van der Waals surface area contributed by atoms with Crippen molar-refractivity contribution in [1.29, 1.82) is 0 Å².